The lowest BCUT2D eigenvalue weighted by molar-refractivity contribution is -0.198. The summed E-state index contributed by atoms with van der Waals surface area (Å²) in [6.07, 6.45) is 7.10. The average molecular weight is 801 g/mol. The Bertz CT molecular complexity index is 2130. The number of alkyl halides is 1. The zero-order valence-corrected chi connectivity index (χ0v) is 30.2. The molecule has 6 aromatic rings. The Labute approximate surface area is 307 Å². The van der Waals surface area contributed by atoms with Gasteiger partial charge in [-0.1, -0.05) is 47.7 Å². The van der Waals surface area contributed by atoms with Crippen LogP contribution in [0.15, 0.2) is 103 Å². The van der Waals surface area contributed by atoms with E-state index in [1.54, 1.807) is 29.5 Å². The van der Waals surface area contributed by atoms with Crippen LogP contribution in [0, 0.1) is 0 Å². The molecule has 51 heavy (non-hydrogen) atoms. The van der Waals surface area contributed by atoms with E-state index < -0.39 is 5.79 Å². The highest BCUT2D eigenvalue weighted by Gasteiger charge is 2.47. The van der Waals surface area contributed by atoms with E-state index in [2.05, 4.69) is 76.9 Å². The second kappa shape index (κ2) is 14.4. The standard InChI is InChI=1S/C36H37IN10O4/c1-2-33(37)47-35(48)45(25-41-47)29-9-7-27(8-10-29)43-17-19-44(20-18-43)28-11-13-30(14-12-28)49-22-31-23-50-36(51-31,24-46-39-15-16-40-46)34-38-21-26-5-3-4-6-32(26)42-34/h3-16,21,25,31,33H,2,17-20,22-24H2,1H3. The van der Waals surface area contributed by atoms with Crippen molar-refractivity contribution in [1.82, 2.24) is 39.3 Å². The highest BCUT2D eigenvalue weighted by Crippen LogP contribution is 2.35. The van der Waals surface area contributed by atoms with Crippen LogP contribution in [0.1, 0.15) is 23.2 Å². The molecule has 8 rings (SSSR count). The number of para-hydroxylation sites is 1. The summed E-state index contributed by atoms with van der Waals surface area (Å²) in [5.74, 6) is -0.0753. The van der Waals surface area contributed by atoms with Gasteiger partial charge < -0.3 is 24.0 Å². The maximum atomic E-state index is 12.8. The van der Waals surface area contributed by atoms with Crippen molar-refractivity contribution in [3.05, 3.63) is 114 Å². The lowest BCUT2D eigenvalue weighted by atomic mass is 10.2. The fourth-order valence-electron chi connectivity index (χ4n) is 6.43. The summed E-state index contributed by atoms with van der Waals surface area (Å²) in [5.41, 5.74) is 3.78. The van der Waals surface area contributed by atoms with Crippen molar-refractivity contribution >= 4 is 44.9 Å². The highest BCUT2D eigenvalue weighted by atomic mass is 127. The highest BCUT2D eigenvalue weighted by molar-refractivity contribution is 14.1. The van der Waals surface area contributed by atoms with Crippen molar-refractivity contribution in [3.8, 4) is 11.4 Å². The second-order valence-corrected chi connectivity index (χ2v) is 13.9. The molecule has 2 fully saturated rings. The van der Waals surface area contributed by atoms with E-state index in [9.17, 15) is 4.79 Å². The van der Waals surface area contributed by atoms with Gasteiger partial charge in [0.2, 0.25) is 0 Å². The number of aromatic nitrogens is 8. The minimum atomic E-state index is -1.25. The molecule has 0 amide bonds. The summed E-state index contributed by atoms with van der Waals surface area (Å²) in [4.78, 5) is 28.5. The zero-order valence-electron chi connectivity index (χ0n) is 28.0. The van der Waals surface area contributed by atoms with Gasteiger partial charge in [-0.25, -0.2) is 24.0 Å². The summed E-state index contributed by atoms with van der Waals surface area (Å²) < 4.78 is 22.1. The average Bonchev–Trinajstić information content (AvgIpc) is 3.95. The molecule has 2 saturated heterocycles. The molecule has 0 bridgehead atoms. The van der Waals surface area contributed by atoms with Crippen LogP contribution < -0.4 is 20.2 Å². The number of hydrogen-bond acceptors (Lipinski definition) is 11. The van der Waals surface area contributed by atoms with Gasteiger partial charge in [-0.2, -0.15) is 20.1 Å². The SMILES string of the molecule is CCC(I)n1ncn(-c2ccc(N3CCN(c4ccc(OCC5COC(Cn6nccn6)(c6ncc7ccccc7n6)O5)cc4)CC3)cc2)c1=O. The summed E-state index contributed by atoms with van der Waals surface area (Å²) in [7, 11) is 0. The Morgan fingerprint density at radius 2 is 1.57 bits per heavy atom. The summed E-state index contributed by atoms with van der Waals surface area (Å²) in [6, 6.07) is 24.1. The Morgan fingerprint density at radius 3 is 2.27 bits per heavy atom. The topological polar surface area (TPSA) is 130 Å². The van der Waals surface area contributed by atoms with Gasteiger partial charge in [-0.15, -0.1) is 0 Å². The maximum absolute atomic E-state index is 12.8. The molecular formula is C36H37IN10O4. The largest absolute Gasteiger partial charge is 0.491 e. The molecule has 3 unspecified atom stereocenters. The van der Waals surface area contributed by atoms with Crippen LogP contribution in [0.3, 0.4) is 0 Å². The number of piperazine rings is 1. The second-order valence-electron chi connectivity index (χ2n) is 12.5. The van der Waals surface area contributed by atoms with Crippen LogP contribution in [-0.2, 0) is 21.8 Å². The molecule has 0 saturated carbocycles. The fourth-order valence-corrected chi connectivity index (χ4v) is 6.81. The molecule has 262 valence electrons. The lowest BCUT2D eigenvalue weighted by Gasteiger charge is -2.37. The van der Waals surface area contributed by atoms with E-state index in [1.807, 2.05) is 55.5 Å². The van der Waals surface area contributed by atoms with Gasteiger partial charge in [0, 0.05) is 49.1 Å². The molecule has 3 aromatic carbocycles. The normalized spacial score (nSPS) is 19.8. The van der Waals surface area contributed by atoms with Crippen LogP contribution >= 0.6 is 22.6 Å². The van der Waals surface area contributed by atoms with Crippen LogP contribution in [0.25, 0.3) is 16.6 Å². The first-order valence-corrected chi connectivity index (χ1v) is 18.2. The molecule has 0 N–H and O–H groups in total. The number of hydrogen-bond donors (Lipinski definition) is 0. The third kappa shape index (κ3) is 6.92. The number of nitrogens with zero attached hydrogens (tertiary/aromatic N) is 10. The number of halogens is 1. The van der Waals surface area contributed by atoms with E-state index in [0.29, 0.717) is 19.0 Å². The van der Waals surface area contributed by atoms with E-state index in [1.165, 1.54) is 9.48 Å². The van der Waals surface area contributed by atoms with Gasteiger partial charge in [0.15, 0.2) is 5.82 Å². The molecule has 3 aromatic heterocycles. The predicted octanol–water partition coefficient (Wildman–Crippen LogP) is 4.59. The monoisotopic (exact) mass is 800 g/mol. The van der Waals surface area contributed by atoms with Crippen molar-refractivity contribution in [1.29, 1.82) is 0 Å². The number of anilines is 2. The quantitative estimate of drug-likeness (QED) is 0.135. The predicted molar refractivity (Wildman–Crippen MR) is 200 cm³/mol. The van der Waals surface area contributed by atoms with Crippen molar-refractivity contribution < 1.29 is 14.2 Å². The minimum Gasteiger partial charge on any atom is -0.491 e. The number of fused-ring (bicyclic) bond motifs is 1. The number of rotatable bonds is 11. The molecular weight excluding hydrogens is 763 g/mol. The van der Waals surface area contributed by atoms with Gasteiger partial charge in [0.05, 0.1) is 30.2 Å². The molecule has 14 nitrogen and oxygen atoms in total. The van der Waals surface area contributed by atoms with Gasteiger partial charge in [-0.3, -0.25) is 0 Å². The van der Waals surface area contributed by atoms with Gasteiger partial charge >= 0.3 is 5.69 Å². The van der Waals surface area contributed by atoms with Crippen LogP contribution in [-0.4, -0.2) is 84.8 Å². The molecule has 5 heterocycles. The molecule has 0 aliphatic carbocycles. The van der Waals surface area contributed by atoms with Gasteiger partial charge in [0.1, 0.15) is 35.4 Å². The molecule has 2 aliphatic heterocycles. The summed E-state index contributed by atoms with van der Waals surface area (Å²) in [5, 5.41) is 13.8. The Hall–Kier alpha value is -4.87. The van der Waals surface area contributed by atoms with Crippen molar-refractivity contribution in [3.63, 3.8) is 0 Å². The Balaban J connectivity index is 0.859. The van der Waals surface area contributed by atoms with E-state index in [0.717, 1.165) is 66.3 Å². The van der Waals surface area contributed by atoms with E-state index in [-0.39, 0.29) is 22.4 Å². The fraction of sp³-hybridized carbons (Fsp3) is 0.333. The van der Waals surface area contributed by atoms with Crippen molar-refractivity contribution in [2.24, 2.45) is 0 Å². The maximum Gasteiger partial charge on any atom is 0.351 e. The number of benzene rings is 3. The van der Waals surface area contributed by atoms with E-state index in [4.69, 9.17) is 19.2 Å². The Kier molecular flexibility index (Phi) is 9.40. The third-order valence-corrected chi connectivity index (χ3v) is 10.6. The van der Waals surface area contributed by atoms with Crippen LogP contribution in [0.4, 0.5) is 11.4 Å². The minimum absolute atomic E-state index is 0.0355. The zero-order chi connectivity index (χ0) is 34.8. The smallest absolute Gasteiger partial charge is 0.351 e. The van der Waals surface area contributed by atoms with Crippen LogP contribution in [0.5, 0.6) is 5.75 Å². The Morgan fingerprint density at radius 1 is 0.902 bits per heavy atom. The molecule has 2 aliphatic rings. The number of ether oxygens (including phenoxy) is 3. The summed E-state index contributed by atoms with van der Waals surface area (Å²) in [6.45, 7) is 6.40. The van der Waals surface area contributed by atoms with Crippen molar-refractivity contribution in [2.45, 2.75) is 35.8 Å². The lowest BCUT2D eigenvalue weighted by Crippen LogP contribution is -2.46. The first-order chi connectivity index (χ1) is 25.0. The molecule has 0 spiro atoms. The van der Waals surface area contributed by atoms with Gasteiger partial charge in [0.25, 0.3) is 5.79 Å². The molecule has 3 atom stereocenters. The van der Waals surface area contributed by atoms with E-state index >= 15 is 0 Å². The molecule has 15 heteroatoms. The van der Waals surface area contributed by atoms with Gasteiger partial charge in [-0.05, 0) is 61.0 Å². The van der Waals surface area contributed by atoms with Crippen LogP contribution in [0.2, 0.25) is 0 Å². The first kappa shape index (κ1) is 33.3. The third-order valence-electron chi connectivity index (χ3n) is 9.21. The summed E-state index contributed by atoms with van der Waals surface area (Å²) >= 11 is 2.24. The molecule has 0 radical (unpaired) electrons. The first-order valence-electron chi connectivity index (χ1n) is 17.0. The van der Waals surface area contributed by atoms with Crippen molar-refractivity contribution in [2.75, 3.05) is 49.2 Å².